The molecule has 2 rings (SSSR count). The van der Waals surface area contributed by atoms with Gasteiger partial charge in [-0.2, -0.15) is 16.3 Å². The molecule has 19 heavy (non-hydrogen) atoms. The molecule has 5 nitrogen and oxygen atoms in total. The number of thiophene rings is 1. The van der Waals surface area contributed by atoms with E-state index in [1.807, 2.05) is 0 Å². The summed E-state index contributed by atoms with van der Waals surface area (Å²) in [5, 5.41) is 7.51. The van der Waals surface area contributed by atoms with Gasteiger partial charge in [0.25, 0.3) is 0 Å². The molecule has 0 saturated heterocycles. The molecule has 0 saturated carbocycles. The van der Waals surface area contributed by atoms with E-state index in [-0.39, 0.29) is 0 Å². The summed E-state index contributed by atoms with van der Waals surface area (Å²) < 4.78 is 5.08. The molecule has 6 heteroatoms. The monoisotopic (exact) mass is 278 g/mol. The van der Waals surface area contributed by atoms with E-state index in [4.69, 9.17) is 4.74 Å². The first-order chi connectivity index (χ1) is 9.20. The van der Waals surface area contributed by atoms with Crippen molar-refractivity contribution in [1.82, 2.24) is 14.9 Å². The Morgan fingerprint density at radius 1 is 1.42 bits per heavy atom. The molecule has 0 aromatic carbocycles. The molecule has 1 unspecified atom stereocenters. The number of nitrogens with zero attached hydrogens (tertiary/aromatic N) is 3. The highest BCUT2D eigenvalue weighted by Gasteiger charge is 2.14. The molecule has 0 amide bonds. The molecule has 0 aliphatic heterocycles. The zero-order valence-electron chi connectivity index (χ0n) is 11.3. The number of methoxy groups -OCH3 is 1. The van der Waals surface area contributed by atoms with Crippen molar-refractivity contribution in [2.24, 2.45) is 0 Å². The predicted molar refractivity (Wildman–Crippen MR) is 77.8 cm³/mol. The smallest absolute Gasteiger partial charge is 0.226 e. The molecule has 2 aromatic heterocycles. The van der Waals surface area contributed by atoms with Crippen molar-refractivity contribution in [3.05, 3.63) is 34.7 Å². The highest BCUT2D eigenvalue weighted by atomic mass is 32.1. The Morgan fingerprint density at radius 3 is 2.89 bits per heavy atom. The summed E-state index contributed by atoms with van der Waals surface area (Å²) in [6.07, 6.45) is 1.68. The quantitative estimate of drug-likeness (QED) is 0.878. The van der Waals surface area contributed by atoms with Crippen LogP contribution < -0.4 is 10.1 Å². The van der Waals surface area contributed by atoms with Crippen LogP contribution in [0.1, 0.15) is 11.6 Å². The highest BCUT2D eigenvalue weighted by molar-refractivity contribution is 7.07. The van der Waals surface area contributed by atoms with Crippen molar-refractivity contribution in [1.29, 1.82) is 0 Å². The van der Waals surface area contributed by atoms with Gasteiger partial charge in [0, 0.05) is 18.8 Å². The van der Waals surface area contributed by atoms with E-state index in [1.54, 1.807) is 30.7 Å². The largest absolute Gasteiger partial charge is 0.481 e. The van der Waals surface area contributed by atoms with Crippen LogP contribution in [0, 0.1) is 0 Å². The van der Waals surface area contributed by atoms with E-state index >= 15 is 0 Å². The standard InChI is InChI=1S/C13H18N4OS/c1-17(2)11(10-5-7-19-9-10)8-15-13-14-6-4-12(16-13)18-3/h4-7,9,11H,8H2,1-3H3,(H,14,15,16). The van der Waals surface area contributed by atoms with E-state index in [0.29, 0.717) is 17.9 Å². The van der Waals surface area contributed by atoms with Gasteiger partial charge >= 0.3 is 0 Å². The van der Waals surface area contributed by atoms with Crippen LogP contribution in [0.15, 0.2) is 29.1 Å². The molecule has 0 radical (unpaired) electrons. The fourth-order valence-corrected chi connectivity index (χ4v) is 2.50. The summed E-state index contributed by atoms with van der Waals surface area (Å²) in [5.74, 6) is 1.15. The number of aromatic nitrogens is 2. The Morgan fingerprint density at radius 2 is 2.26 bits per heavy atom. The minimum absolute atomic E-state index is 0.293. The van der Waals surface area contributed by atoms with Gasteiger partial charge in [0.2, 0.25) is 11.8 Å². The third-order valence-electron chi connectivity index (χ3n) is 2.84. The maximum atomic E-state index is 5.08. The Bertz CT molecular complexity index is 501. The first-order valence-electron chi connectivity index (χ1n) is 6.00. The number of likely N-dealkylation sites (N-methyl/N-ethyl adjacent to an activating group) is 1. The van der Waals surface area contributed by atoms with E-state index in [9.17, 15) is 0 Å². The van der Waals surface area contributed by atoms with Crippen molar-refractivity contribution in [2.75, 3.05) is 33.1 Å². The summed E-state index contributed by atoms with van der Waals surface area (Å²) in [6.45, 7) is 0.747. The molecule has 2 aromatic rings. The molecule has 0 aliphatic rings. The van der Waals surface area contributed by atoms with Crippen LogP contribution in [-0.2, 0) is 0 Å². The molecule has 2 heterocycles. The molecule has 102 valence electrons. The molecule has 1 atom stereocenters. The second-order valence-electron chi connectivity index (χ2n) is 4.34. The van der Waals surface area contributed by atoms with Crippen LogP contribution in [0.5, 0.6) is 5.88 Å². The van der Waals surface area contributed by atoms with Gasteiger partial charge in [0.1, 0.15) is 0 Å². The highest BCUT2D eigenvalue weighted by Crippen LogP contribution is 2.21. The number of hydrogen-bond donors (Lipinski definition) is 1. The van der Waals surface area contributed by atoms with Crippen LogP contribution in [0.2, 0.25) is 0 Å². The number of hydrogen-bond acceptors (Lipinski definition) is 6. The van der Waals surface area contributed by atoms with Crippen molar-refractivity contribution in [3.63, 3.8) is 0 Å². The van der Waals surface area contributed by atoms with Crippen molar-refractivity contribution >= 4 is 17.3 Å². The van der Waals surface area contributed by atoms with Crippen LogP contribution in [0.25, 0.3) is 0 Å². The summed E-state index contributed by atoms with van der Waals surface area (Å²) in [7, 11) is 5.73. The van der Waals surface area contributed by atoms with Gasteiger partial charge in [-0.3, -0.25) is 0 Å². The summed E-state index contributed by atoms with van der Waals surface area (Å²) >= 11 is 1.71. The van der Waals surface area contributed by atoms with Gasteiger partial charge in [-0.05, 0) is 36.5 Å². The SMILES string of the molecule is COc1ccnc(NCC(c2ccsc2)N(C)C)n1. The molecular weight excluding hydrogens is 260 g/mol. The van der Waals surface area contributed by atoms with E-state index < -0.39 is 0 Å². The molecule has 0 bridgehead atoms. The minimum atomic E-state index is 0.293. The first-order valence-corrected chi connectivity index (χ1v) is 6.94. The van der Waals surface area contributed by atoms with Crippen molar-refractivity contribution < 1.29 is 4.74 Å². The number of nitrogens with one attached hydrogen (secondary N) is 1. The lowest BCUT2D eigenvalue weighted by Crippen LogP contribution is -2.26. The molecule has 0 fully saturated rings. The Labute approximate surface area is 117 Å². The normalized spacial score (nSPS) is 12.4. The van der Waals surface area contributed by atoms with Gasteiger partial charge in [-0.15, -0.1) is 0 Å². The van der Waals surface area contributed by atoms with Gasteiger partial charge in [-0.1, -0.05) is 0 Å². The predicted octanol–water partition coefficient (Wildman–Crippen LogP) is 2.26. The van der Waals surface area contributed by atoms with Crippen LogP contribution in [0.4, 0.5) is 5.95 Å². The lowest BCUT2D eigenvalue weighted by molar-refractivity contribution is 0.312. The fourth-order valence-electron chi connectivity index (χ4n) is 1.79. The average Bonchev–Trinajstić information content (AvgIpc) is 2.93. The molecular formula is C13H18N4OS. The van der Waals surface area contributed by atoms with Gasteiger partial charge < -0.3 is 15.0 Å². The maximum Gasteiger partial charge on any atom is 0.226 e. The summed E-state index contributed by atoms with van der Waals surface area (Å²) in [6, 6.07) is 4.16. The van der Waals surface area contributed by atoms with E-state index in [1.165, 1.54) is 5.56 Å². The van der Waals surface area contributed by atoms with Crippen LogP contribution in [0.3, 0.4) is 0 Å². The van der Waals surface area contributed by atoms with Crippen molar-refractivity contribution in [3.8, 4) is 5.88 Å². The summed E-state index contributed by atoms with van der Waals surface area (Å²) in [4.78, 5) is 10.6. The van der Waals surface area contributed by atoms with Crippen molar-refractivity contribution in [2.45, 2.75) is 6.04 Å². The van der Waals surface area contributed by atoms with Crippen LogP contribution >= 0.6 is 11.3 Å². The minimum Gasteiger partial charge on any atom is -0.481 e. The Hall–Kier alpha value is -1.66. The lowest BCUT2D eigenvalue weighted by atomic mass is 10.1. The average molecular weight is 278 g/mol. The molecule has 1 N–H and O–H groups in total. The third kappa shape index (κ3) is 3.65. The topological polar surface area (TPSA) is 50.3 Å². The molecule has 0 spiro atoms. The number of ether oxygens (including phenoxy) is 1. The van der Waals surface area contributed by atoms with E-state index in [0.717, 1.165) is 6.54 Å². The summed E-state index contributed by atoms with van der Waals surface area (Å²) in [5.41, 5.74) is 1.30. The number of anilines is 1. The maximum absolute atomic E-state index is 5.08. The number of rotatable bonds is 6. The zero-order chi connectivity index (χ0) is 13.7. The second kappa shape index (κ2) is 6.49. The van der Waals surface area contributed by atoms with Gasteiger partial charge in [0.05, 0.1) is 13.2 Å². The van der Waals surface area contributed by atoms with Gasteiger partial charge in [0.15, 0.2) is 0 Å². The lowest BCUT2D eigenvalue weighted by Gasteiger charge is -2.23. The second-order valence-corrected chi connectivity index (χ2v) is 5.12. The van der Waals surface area contributed by atoms with Crippen LogP contribution in [-0.4, -0.2) is 42.6 Å². The van der Waals surface area contributed by atoms with Gasteiger partial charge in [-0.25, -0.2) is 4.98 Å². The van der Waals surface area contributed by atoms with E-state index in [2.05, 4.69) is 51.1 Å². The zero-order valence-corrected chi connectivity index (χ0v) is 12.1. The Kier molecular flexibility index (Phi) is 4.70. The third-order valence-corrected chi connectivity index (χ3v) is 3.55. The molecule has 0 aliphatic carbocycles. The first kappa shape index (κ1) is 13.8. The Balaban J connectivity index is 2.02. The fraction of sp³-hybridized carbons (Fsp3) is 0.385.